The first-order valence-electron chi connectivity index (χ1n) is 10.2. The number of fused-ring (bicyclic) bond motifs is 3. The molecule has 1 unspecified atom stereocenters. The first-order chi connectivity index (χ1) is 14.0. The lowest BCUT2D eigenvalue weighted by atomic mass is 10.2. The molecule has 1 aliphatic heterocycles. The molecule has 29 heavy (non-hydrogen) atoms. The molecular formula is C21H39N7O. The van der Waals surface area contributed by atoms with Crippen molar-refractivity contribution in [2.24, 2.45) is 0 Å². The zero-order valence-corrected chi connectivity index (χ0v) is 18.5. The fraction of sp³-hybridized carbons (Fsp3) is 0.524. The molecule has 3 N–H and O–H groups in total. The van der Waals surface area contributed by atoms with E-state index in [0.29, 0.717) is 0 Å². The van der Waals surface area contributed by atoms with Gasteiger partial charge in [0.2, 0.25) is 0 Å². The van der Waals surface area contributed by atoms with Crippen LogP contribution in [0.3, 0.4) is 0 Å². The Hall–Kier alpha value is -2.74. The number of aryl methyl sites for hydroxylation is 1. The van der Waals surface area contributed by atoms with Crippen LogP contribution in [0.2, 0.25) is 0 Å². The molecule has 8 nitrogen and oxygen atoms in total. The Kier molecular flexibility index (Phi) is 8.33. The number of anilines is 1. The quantitative estimate of drug-likeness (QED) is 0.551. The Bertz CT molecular complexity index is 811. The van der Waals surface area contributed by atoms with Crippen molar-refractivity contribution in [1.29, 1.82) is 0 Å². The van der Waals surface area contributed by atoms with Crippen molar-refractivity contribution in [3.63, 3.8) is 0 Å². The molecule has 3 rings (SSSR count). The SMILES string of the molecule is C=C(NCCCCNC1Nc2cc(OC)ccc2-n2c(C)nnc21)N(C)C.CC.[HH].[HH]. The predicted octanol–water partition coefficient (Wildman–Crippen LogP) is 3.52. The summed E-state index contributed by atoms with van der Waals surface area (Å²) in [6.07, 6.45) is 2.02. The summed E-state index contributed by atoms with van der Waals surface area (Å²) in [5, 5.41) is 19.0. The van der Waals surface area contributed by atoms with Crippen LogP contribution in [0.25, 0.3) is 5.69 Å². The van der Waals surface area contributed by atoms with E-state index in [1.807, 2.05) is 58.0 Å². The molecule has 8 heteroatoms. The highest BCUT2D eigenvalue weighted by Crippen LogP contribution is 2.34. The van der Waals surface area contributed by atoms with Gasteiger partial charge in [-0.3, -0.25) is 9.88 Å². The van der Waals surface area contributed by atoms with Crippen molar-refractivity contribution < 1.29 is 7.59 Å². The topological polar surface area (TPSA) is 79.3 Å². The Morgan fingerprint density at radius 3 is 2.69 bits per heavy atom. The molecule has 0 radical (unpaired) electrons. The highest BCUT2D eigenvalue weighted by atomic mass is 16.5. The number of unbranched alkanes of at least 4 members (excludes halogenated alkanes) is 1. The Morgan fingerprint density at radius 2 is 2.00 bits per heavy atom. The maximum atomic E-state index is 5.36. The molecule has 0 bridgehead atoms. The van der Waals surface area contributed by atoms with Gasteiger partial charge in [-0.25, -0.2) is 0 Å². The minimum Gasteiger partial charge on any atom is -0.497 e. The van der Waals surface area contributed by atoms with Gasteiger partial charge in [-0.15, -0.1) is 10.2 Å². The smallest absolute Gasteiger partial charge is 0.175 e. The molecular weight excluding hydrogens is 366 g/mol. The van der Waals surface area contributed by atoms with Gasteiger partial charge in [0.05, 0.1) is 24.3 Å². The molecule has 0 fully saturated rings. The fourth-order valence-electron chi connectivity index (χ4n) is 3.07. The van der Waals surface area contributed by atoms with E-state index in [1.54, 1.807) is 7.11 Å². The van der Waals surface area contributed by atoms with Crippen molar-refractivity contribution in [3.05, 3.63) is 42.2 Å². The van der Waals surface area contributed by atoms with Gasteiger partial charge in [0, 0.05) is 29.6 Å². The molecule has 0 spiro atoms. The average Bonchev–Trinajstić information content (AvgIpc) is 3.13. The number of hydrogen-bond donors (Lipinski definition) is 3. The first-order valence-corrected chi connectivity index (χ1v) is 10.2. The molecule has 2 aromatic rings. The minimum absolute atomic E-state index is 0. The lowest BCUT2D eigenvalue weighted by Crippen LogP contribution is -2.34. The van der Waals surface area contributed by atoms with Crippen LogP contribution in [0.15, 0.2) is 30.6 Å². The zero-order chi connectivity index (χ0) is 21.4. The molecule has 1 aliphatic rings. The molecule has 0 saturated carbocycles. The second-order valence-corrected chi connectivity index (χ2v) is 6.83. The largest absolute Gasteiger partial charge is 0.497 e. The normalized spacial score (nSPS) is 13.9. The first kappa shape index (κ1) is 22.5. The second kappa shape index (κ2) is 10.7. The standard InChI is InChI=1S/C19H29N7O.C2H6.2H2/c1-13(25(3)4)20-10-6-7-11-21-18-19-24-23-14(2)26(19)17-9-8-15(27-5)12-16(17)22-18;1-2;;/h8-9,12,18,20-22H,1,6-7,10-11H2,2-5H3;1-2H3;2*1H. The maximum Gasteiger partial charge on any atom is 0.175 e. The summed E-state index contributed by atoms with van der Waals surface area (Å²) in [5.74, 6) is 3.51. The Balaban J connectivity index is 0.00000219. The lowest BCUT2D eigenvalue weighted by molar-refractivity contribution is 0.414. The number of ether oxygens (including phenoxy) is 1. The monoisotopic (exact) mass is 405 g/mol. The van der Waals surface area contributed by atoms with Crippen molar-refractivity contribution in [3.8, 4) is 11.4 Å². The van der Waals surface area contributed by atoms with Crippen LogP contribution in [-0.4, -0.2) is 54.0 Å². The zero-order valence-electron chi connectivity index (χ0n) is 18.5. The van der Waals surface area contributed by atoms with Gasteiger partial charge in [-0.2, -0.15) is 0 Å². The number of hydrogen-bond acceptors (Lipinski definition) is 7. The van der Waals surface area contributed by atoms with Crippen LogP contribution >= 0.6 is 0 Å². The third-order valence-electron chi connectivity index (χ3n) is 4.67. The van der Waals surface area contributed by atoms with Crippen LogP contribution in [0.5, 0.6) is 5.75 Å². The third-order valence-corrected chi connectivity index (χ3v) is 4.67. The van der Waals surface area contributed by atoms with E-state index in [4.69, 9.17) is 4.74 Å². The van der Waals surface area contributed by atoms with Crippen LogP contribution in [0.4, 0.5) is 5.69 Å². The molecule has 0 saturated heterocycles. The predicted molar refractivity (Wildman–Crippen MR) is 123 cm³/mol. The summed E-state index contributed by atoms with van der Waals surface area (Å²) in [6, 6.07) is 5.98. The highest BCUT2D eigenvalue weighted by Gasteiger charge is 2.27. The van der Waals surface area contributed by atoms with E-state index in [-0.39, 0.29) is 9.02 Å². The van der Waals surface area contributed by atoms with Gasteiger partial charge in [0.25, 0.3) is 0 Å². The summed E-state index contributed by atoms with van der Waals surface area (Å²) in [4.78, 5) is 1.98. The summed E-state index contributed by atoms with van der Waals surface area (Å²) < 4.78 is 7.45. The van der Waals surface area contributed by atoms with Gasteiger partial charge in [-0.1, -0.05) is 20.4 Å². The number of methoxy groups -OCH3 is 1. The fourth-order valence-corrected chi connectivity index (χ4v) is 3.07. The maximum absolute atomic E-state index is 5.36. The molecule has 0 aliphatic carbocycles. The van der Waals surface area contributed by atoms with E-state index >= 15 is 0 Å². The molecule has 164 valence electrons. The molecule has 1 aromatic heterocycles. The Morgan fingerprint density at radius 1 is 1.28 bits per heavy atom. The van der Waals surface area contributed by atoms with E-state index in [1.165, 1.54) is 0 Å². The number of aromatic nitrogens is 3. The molecule has 2 heterocycles. The summed E-state index contributed by atoms with van der Waals surface area (Å²) in [6.45, 7) is 11.7. The molecule has 1 aromatic carbocycles. The van der Waals surface area contributed by atoms with E-state index in [0.717, 1.165) is 60.5 Å². The number of rotatable bonds is 9. The van der Waals surface area contributed by atoms with E-state index in [9.17, 15) is 0 Å². The summed E-state index contributed by atoms with van der Waals surface area (Å²) in [7, 11) is 5.64. The van der Waals surface area contributed by atoms with Gasteiger partial charge >= 0.3 is 0 Å². The molecule has 1 atom stereocenters. The number of benzene rings is 1. The van der Waals surface area contributed by atoms with Gasteiger partial charge in [0.15, 0.2) is 5.82 Å². The van der Waals surface area contributed by atoms with Crippen molar-refractivity contribution in [2.45, 2.75) is 39.8 Å². The molecule has 0 amide bonds. The average molecular weight is 406 g/mol. The lowest BCUT2D eigenvalue weighted by Gasteiger charge is -2.29. The summed E-state index contributed by atoms with van der Waals surface area (Å²) in [5.41, 5.74) is 2.05. The van der Waals surface area contributed by atoms with E-state index in [2.05, 4.69) is 37.3 Å². The summed E-state index contributed by atoms with van der Waals surface area (Å²) >= 11 is 0. The van der Waals surface area contributed by atoms with Crippen LogP contribution in [0, 0.1) is 6.92 Å². The van der Waals surface area contributed by atoms with Crippen LogP contribution in [-0.2, 0) is 0 Å². The number of nitrogens with zero attached hydrogens (tertiary/aromatic N) is 4. The Labute approximate surface area is 177 Å². The third kappa shape index (κ3) is 5.41. The van der Waals surface area contributed by atoms with Gasteiger partial charge < -0.3 is 20.3 Å². The van der Waals surface area contributed by atoms with Crippen LogP contribution in [0.1, 0.15) is 47.4 Å². The number of nitrogens with one attached hydrogen (secondary N) is 3. The second-order valence-electron chi connectivity index (χ2n) is 6.83. The minimum atomic E-state index is -0.0875. The van der Waals surface area contributed by atoms with E-state index < -0.39 is 0 Å². The highest BCUT2D eigenvalue weighted by molar-refractivity contribution is 5.67. The van der Waals surface area contributed by atoms with Gasteiger partial charge in [-0.05, 0) is 38.4 Å². The van der Waals surface area contributed by atoms with Crippen LogP contribution < -0.4 is 20.7 Å². The van der Waals surface area contributed by atoms with Gasteiger partial charge in [0.1, 0.15) is 17.7 Å². The van der Waals surface area contributed by atoms with Crippen molar-refractivity contribution in [2.75, 3.05) is 39.6 Å². The van der Waals surface area contributed by atoms with Crippen molar-refractivity contribution in [1.82, 2.24) is 30.3 Å². The van der Waals surface area contributed by atoms with Crippen molar-refractivity contribution >= 4 is 5.69 Å².